The summed E-state index contributed by atoms with van der Waals surface area (Å²) in [6.07, 6.45) is 0. The molecule has 20 heavy (non-hydrogen) atoms. The standard InChI is InChI=1S/C16H17FN2O/c1-11-2-7-14(17)8-15(11)16(20)19-10-13-5-3-12(9-18)4-6-13/h2-8H,9-10,18H2,1H3,(H,19,20). The first-order valence-corrected chi connectivity index (χ1v) is 6.42. The van der Waals surface area contributed by atoms with E-state index in [0.29, 0.717) is 18.7 Å². The van der Waals surface area contributed by atoms with Crippen LogP contribution in [0, 0.1) is 12.7 Å². The van der Waals surface area contributed by atoms with Crippen LogP contribution < -0.4 is 11.1 Å². The van der Waals surface area contributed by atoms with Crippen molar-refractivity contribution in [3.8, 4) is 0 Å². The van der Waals surface area contributed by atoms with Gasteiger partial charge in [-0.15, -0.1) is 0 Å². The van der Waals surface area contributed by atoms with Crippen LogP contribution in [0.2, 0.25) is 0 Å². The first-order chi connectivity index (χ1) is 9.60. The van der Waals surface area contributed by atoms with Crippen molar-refractivity contribution >= 4 is 5.91 Å². The summed E-state index contributed by atoms with van der Waals surface area (Å²) in [5, 5.41) is 2.78. The Balaban J connectivity index is 2.02. The van der Waals surface area contributed by atoms with Crippen molar-refractivity contribution in [1.29, 1.82) is 0 Å². The third-order valence-corrected chi connectivity index (χ3v) is 3.16. The van der Waals surface area contributed by atoms with Gasteiger partial charge < -0.3 is 11.1 Å². The molecular weight excluding hydrogens is 255 g/mol. The maximum absolute atomic E-state index is 13.2. The predicted octanol–water partition coefficient (Wildman–Crippen LogP) is 2.52. The van der Waals surface area contributed by atoms with E-state index in [9.17, 15) is 9.18 Å². The van der Waals surface area contributed by atoms with Gasteiger partial charge in [0.2, 0.25) is 0 Å². The van der Waals surface area contributed by atoms with Gasteiger partial charge in [-0.2, -0.15) is 0 Å². The number of nitrogens with two attached hydrogens (primary N) is 1. The maximum atomic E-state index is 13.2. The van der Waals surface area contributed by atoms with E-state index in [1.54, 1.807) is 13.0 Å². The molecule has 0 atom stereocenters. The normalized spacial score (nSPS) is 10.3. The first kappa shape index (κ1) is 14.2. The van der Waals surface area contributed by atoms with Gasteiger partial charge in [-0.3, -0.25) is 4.79 Å². The molecule has 2 rings (SSSR count). The second-order valence-electron chi connectivity index (χ2n) is 4.66. The molecule has 0 aliphatic rings. The van der Waals surface area contributed by atoms with Gasteiger partial charge in [0.15, 0.2) is 0 Å². The van der Waals surface area contributed by atoms with E-state index in [1.165, 1.54) is 12.1 Å². The second kappa shape index (κ2) is 6.30. The summed E-state index contributed by atoms with van der Waals surface area (Å²) in [4.78, 5) is 12.0. The molecule has 0 radical (unpaired) electrons. The molecule has 2 aromatic carbocycles. The van der Waals surface area contributed by atoms with E-state index >= 15 is 0 Å². The van der Waals surface area contributed by atoms with Crippen LogP contribution in [0.25, 0.3) is 0 Å². The quantitative estimate of drug-likeness (QED) is 0.898. The average Bonchev–Trinajstić information content (AvgIpc) is 2.47. The Kier molecular flexibility index (Phi) is 4.48. The lowest BCUT2D eigenvalue weighted by atomic mass is 10.1. The van der Waals surface area contributed by atoms with Crippen LogP contribution in [0.3, 0.4) is 0 Å². The molecule has 0 spiro atoms. The Morgan fingerprint density at radius 3 is 2.45 bits per heavy atom. The van der Waals surface area contributed by atoms with Crippen LogP contribution in [0.4, 0.5) is 4.39 Å². The molecular formula is C16H17FN2O. The summed E-state index contributed by atoms with van der Waals surface area (Å²) in [7, 11) is 0. The Morgan fingerprint density at radius 2 is 1.80 bits per heavy atom. The van der Waals surface area contributed by atoms with E-state index in [-0.39, 0.29) is 5.91 Å². The number of aryl methyl sites for hydroxylation is 1. The lowest BCUT2D eigenvalue weighted by Crippen LogP contribution is -2.23. The Morgan fingerprint density at radius 1 is 1.15 bits per heavy atom. The number of carbonyl (C=O) groups is 1. The largest absolute Gasteiger partial charge is 0.348 e. The number of carbonyl (C=O) groups excluding carboxylic acids is 1. The molecule has 0 saturated heterocycles. The summed E-state index contributed by atoms with van der Waals surface area (Å²) in [6.45, 7) is 2.68. The Labute approximate surface area is 117 Å². The number of benzene rings is 2. The molecule has 0 heterocycles. The number of halogens is 1. The van der Waals surface area contributed by atoms with Crippen molar-refractivity contribution < 1.29 is 9.18 Å². The summed E-state index contributed by atoms with van der Waals surface area (Å²) in [5.41, 5.74) is 8.66. The third-order valence-electron chi connectivity index (χ3n) is 3.16. The number of hydrogen-bond acceptors (Lipinski definition) is 2. The van der Waals surface area contributed by atoms with Gasteiger partial charge in [0, 0.05) is 18.7 Å². The molecule has 3 N–H and O–H groups in total. The van der Waals surface area contributed by atoms with Crippen LogP contribution in [-0.4, -0.2) is 5.91 Å². The minimum atomic E-state index is -0.409. The lowest BCUT2D eigenvalue weighted by Gasteiger charge is -2.08. The third kappa shape index (κ3) is 3.42. The molecule has 1 amide bonds. The molecule has 0 fully saturated rings. The molecule has 3 nitrogen and oxygen atoms in total. The van der Waals surface area contributed by atoms with Gasteiger partial charge in [0.1, 0.15) is 5.82 Å². The fraction of sp³-hybridized carbons (Fsp3) is 0.188. The van der Waals surface area contributed by atoms with Crippen LogP contribution >= 0.6 is 0 Å². The topological polar surface area (TPSA) is 55.1 Å². The van der Waals surface area contributed by atoms with Gasteiger partial charge in [0.05, 0.1) is 0 Å². The smallest absolute Gasteiger partial charge is 0.251 e. The molecule has 0 unspecified atom stereocenters. The van der Waals surface area contributed by atoms with Crippen LogP contribution in [0.5, 0.6) is 0 Å². The molecule has 0 aliphatic heterocycles. The highest BCUT2D eigenvalue weighted by atomic mass is 19.1. The van der Waals surface area contributed by atoms with Gasteiger partial charge >= 0.3 is 0 Å². The van der Waals surface area contributed by atoms with Crippen LogP contribution in [0.15, 0.2) is 42.5 Å². The predicted molar refractivity (Wildman–Crippen MR) is 76.6 cm³/mol. The summed E-state index contributed by atoms with van der Waals surface area (Å²) < 4.78 is 13.2. The van der Waals surface area contributed by atoms with E-state index in [1.807, 2.05) is 24.3 Å². The fourth-order valence-electron chi connectivity index (χ4n) is 1.91. The lowest BCUT2D eigenvalue weighted by molar-refractivity contribution is 0.0950. The molecule has 0 bridgehead atoms. The van der Waals surface area contributed by atoms with Gasteiger partial charge in [-0.25, -0.2) is 4.39 Å². The highest BCUT2D eigenvalue weighted by Gasteiger charge is 2.09. The molecule has 104 valence electrons. The minimum Gasteiger partial charge on any atom is -0.348 e. The van der Waals surface area contributed by atoms with Crippen molar-refractivity contribution in [2.24, 2.45) is 5.73 Å². The zero-order valence-electron chi connectivity index (χ0n) is 11.3. The number of rotatable bonds is 4. The van der Waals surface area contributed by atoms with Crippen LogP contribution in [-0.2, 0) is 13.1 Å². The number of hydrogen-bond donors (Lipinski definition) is 2. The highest BCUT2D eigenvalue weighted by Crippen LogP contribution is 2.10. The van der Waals surface area contributed by atoms with E-state index in [2.05, 4.69) is 5.32 Å². The van der Waals surface area contributed by atoms with Crippen molar-refractivity contribution in [2.75, 3.05) is 0 Å². The number of amides is 1. The monoisotopic (exact) mass is 272 g/mol. The molecule has 0 saturated carbocycles. The number of nitrogens with one attached hydrogen (secondary N) is 1. The summed E-state index contributed by atoms with van der Waals surface area (Å²) in [6, 6.07) is 11.9. The SMILES string of the molecule is Cc1ccc(F)cc1C(=O)NCc1ccc(CN)cc1. The molecule has 2 aromatic rings. The minimum absolute atomic E-state index is 0.273. The van der Waals surface area contributed by atoms with Gasteiger partial charge in [-0.05, 0) is 35.7 Å². The van der Waals surface area contributed by atoms with Crippen molar-refractivity contribution in [1.82, 2.24) is 5.32 Å². The van der Waals surface area contributed by atoms with Crippen molar-refractivity contribution in [3.05, 3.63) is 70.5 Å². The molecule has 0 aromatic heterocycles. The van der Waals surface area contributed by atoms with Gasteiger partial charge in [0.25, 0.3) is 5.91 Å². The van der Waals surface area contributed by atoms with Crippen molar-refractivity contribution in [3.63, 3.8) is 0 Å². The summed E-state index contributed by atoms with van der Waals surface area (Å²) in [5.74, 6) is -0.682. The zero-order valence-corrected chi connectivity index (χ0v) is 11.3. The second-order valence-corrected chi connectivity index (χ2v) is 4.66. The maximum Gasteiger partial charge on any atom is 0.251 e. The highest BCUT2D eigenvalue weighted by molar-refractivity contribution is 5.95. The molecule has 0 aliphatic carbocycles. The summed E-state index contributed by atoms with van der Waals surface area (Å²) >= 11 is 0. The fourth-order valence-corrected chi connectivity index (χ4v) is 1.91. The van der Waals surface area contributed by atoms with E-state index in [4.69, 9.17) is 5.73 Å². The van der Waals surface area contributed by atoms with Crippen LogP contribution in [0.1, 0.15) is 27.0 Å². The Bertz CT molecular complexity index is 608. The van der Waals surface area contributed by atoms with Crippen molar-refractivity contribution in [2.45, 2.75) is 20.0 Å². The van der Waals surface area contributed by atoms with Gasteiger partial charge in [-0.1, -0.05) is 30.3 Å². The average molecular weight is 272 g/mol. The molecule has 4 heteroatoms. The Hall–Kier alpha value is -2.20. The van der Waals surface area contributed by atoms with E-state index < -0.39 is 5.82 Å². The first-order valence-electron chi connectivity index (χ1n) is 6.42. The zero-order chi connectivity index (χ0) is 14.5. The van der Waals surface area contributed by atoms with E-state index in [0.717, 1.165) is 16.7 Å².